The summed E-state index contributed by atoms with van der Waals surface area (Å²) in [6.45, 7) is 2.53. The number of aromatic carboxylic acids is 1. The fourth-order valence-electron chi connectivity index (χ4n) is 1.42. The van der Waals surface area contributed by atoms with Gasteiger partial charge in [-0.3, -0.25) is 10.4 Å². The van der Waals surface area contributed by atoms with Crippen molar-refractivity contribution in [3.63, 3.8) is 0 Å². The highest BCUT2D eigenvalue weighted by Crippen LogP contribution is 2.23. The van der Waals surface area contributed by atoms with E-state index in [4.69, 9.17) is 15.4 Å². The number of carboxylic acids is 1. The molecule has 0 aliphatic heterocycles. The van der Waals surface area contributed by atoms with Crippen molar-refractivity contribution in [3.05, 3.63) is 58.8 Å². The molecule has 0 unspecified atom stereocenters. The molecule has 0 aliphatic carbocycles. The second-order valence-corrected chi connectivity index (χ2v) is 5.06. The fourth-order valence-corrected chi connectivity index (χ4v) is 1.42. The number of hydrogen-bond acceptors (Lipinski definition) is 5. The maximum absolute atomic E-state index is 12.2. The van der Waals surface area contributed by atoms with Gasteiger partial charge in [0.25, 0.3) is 0 Å². The van der Waals surface area contributed by atoms with Crippen LogP contribution in [0, 0.1) is 5.41 Å². The fraction of sp³-hybridized carbons (Fsp3) is 0.176. The van der Waals surface area contributed by atoms with E-state index in [2.05, 4.69) is 10.1 Å². The Morgan fingerprint density at radius 2 is 1.77 bits per heavy atom. The number of aliphatic imine (C=N–C) groups is 1. The van der Waals surface area contributed by atoms with Gasteiger partial charge in [0.2, 0.25) is 5.90 Å². The third-order valence-corrected chi connectivity index (χ3v) is 2.93. The van der Waals surface area contributed by atoms with E-state index in [1.807, 2.05) is 0 Å². The Labute approximate surface area is 147 Å². The van der Waals surface area contributed by atoms with E-state index < -0.39 is 17.7 Å². The first-order valence-corrected chi connectivity index (χ1v) is 7.18. The minimum atomic E-state index is -4.39. The van der Waals surface area contributed by atoms with Crippen LogP contribution in [0.3, 0.4) is 0 Å². The maximum Gasteiger partial charge on any atom is 0.412 e. The molecule has 1 aromatic rings. The molecule has 0 saturated carbocycles. The standard InChI is InChI=1S/C17H16F3N3O3/c1-11(9-22-8-7-12(2)17(18,19)20)10-23-26-15(21)13-3-5-14(6-4-13)16(24)25/h3-10,21H,1-2H3,(H,24,25)/b11-9+,12-7+,21-15?,22-8-,23-10+. The molecular formula is C17H16F3N3O3. The molecule has 0 fully saturated rings. The lowest BCUT2D eigenvalue weighted by Gasteiger charge is -2.03. The Morgan fingerprint density at radius 3 is 2.31 bits per heavy atom. The zero-order chi connectivity index (χ0) is 19.7. The smallest absolute Gasteiger partial charge is 0.412 e. The molecule has 0 spiro atoms. The molecular weight excluding hydrogens is 351 g/mol. The van der Waals surface area contributed by atoms with Crippen molar-refractivity contribution in [1.29, 1.82) is 5.41 Å². The number of halogens is 3. The molecule has 0 bridgehead atoms. The Kier molecular flexibility index (Phi) is 7.45. The van der Waals surface area contributed by atoms with E-state index in [1.54, 1.807) is 6.92 Å². The first-order valence-electron chi connectivity index (χ1n) is 7.18. The minimum absolute atomic E-state index is 0.0801. The highest BCUT2D eigenvalue weighted by molar-refractivity contribution is 5.94. The average Bonchev–Trinajstić information content (AvgIpc) is 2.57. The van der Waals surface area contributed by atoms with Crippen molar-refractivity contribution >= 4 is 24.3 Å². The quantitative estimate of drug-likeness (QED) is 0.448. The monoisotopic (exact) mass is 367 g/mol. The summed E-state index contributed by atoms with van der Waals surface area (Å²) in [6, 6.07) is 5.47. The Hall–Kier alpha value is -3.23. The predicted octanol–water partition coefficient (Wildman–Crippen LogP) is 4.20. The number of carbonyl (C=O) groups is 1. The zero-order valence-corrected chi connectivity index (χ0v) is 13.9. The molecule has 6 nitrogen and oxygen atoms in total. The molecule has 0 radical (unpaired) electrons. The number of allylic oxidation sites excluding steroid dienone is 3. The van der Waals surface area contributed by atoms with Crippen LogP contribution in [0.25, 0.3) is 0 Å². The molecule has 0 saturated heterocycles. The number of hydrogen-bond donors (Lipinski definition) is 2. The van der Waals surface area contributed by atoms with Gasteiger partial charge in [-0.05, 0) is 49.8 Å². The van der Waals surface area contributed by atoms with E-state index in [0.29, 0.717) is 11.1 Å². The van der Waals surface area contributed by atoms with Gasteiger partial charge in [0.05, 0.1) is 11.8 Å². The molecule has 0 aliphatic rings. The largest absolute Gasteiger partial charge is 0.478 e. The second kappa shape index (κ2) is 9.30. The summed E-state index contributed by atoms with van der Waals surface area (Å²) in [4.78, 5) is 19.3. The minimum Gasteiger partial charge on any atom is -0.478 e. The van der Waals surface area contributed by atoms with Gasteiger partial charge in [0.15, 0.2) is 0 Å². The van der Waals surface area contributed by atoms with Crippen LogP contribution in [-0.2, 0) is 4.84 Å². The lowest BCUT2D eigenvalue weighted by atomic mass is 10.1. The Bertz CT molecular complexity index is 777. The molecule has 2 N–H and O–H groups in total. The van der Waals surface area contributed by atoms with Crippen molar-refractivity contribution in [2.24, 2.45) is 10.1 Å². The molecule has 9 heteroatoms. The number of oxime groups is 1. The highest BCUT2D eigenvalue weighted by atomic mass is 19.4. The predicted molar refractivity (Wildman–Crippen MR) is 91.9 cm³/mol. The van der Waals surface area contributed by atoms with E-state index in [9.17, 15) is 18.0 Å². The van der Waals surface area contributed by atoms with Crippen LogP contribution in [0.2, 0.25) is 0 Å². The average molecular weight is 367 g/mol. The molecule has 0 amide bonds. The number of rotatable bonds is 6. The Balaban J connectivity index is 2.59. The summed E-state index contributed by atoms with van der Waals surface area (Å²) in [6.07, 6.45) is -0.0276. The van der Waals surface area contributed by atoms with Gasteiger partial charge in [0, 0.05) is 23.6 Å². The zero-order valence-electron chi connectivity index (χ0n) is 13.9. The lowest BCUT2D eigenvalue weighted by Crippen LogP contribution is -2.08. The topological polar surface area (TPSA) is 95.1 Å². The van der Waals surface area contributed by atoms with Gasteiger partial charge >= 0.3 is 12.1 Å². The van der Waals surface area contributed by atoms with Crippen molar-refractivity contribution < 1.29 is 27.9 Å². The molecule has 1 aromatic carbocycles. The van der Waals surface area contributed by atoms with Crippen molar-refractivity contribution in [2.75, 3.05) is 0 Å². The maximum atomic E-state index is 12.2. The number of nitrogens with zero attached hydrogens (tertiary/aromatic N) is 2. The van der Waals surface area contributed by atoms with Gasteiger partial charge in [-0.1, -0.05) is 5.16 Å². The van der Waals surface area contributed by atoms with E-state index in [-0.39, 0.29) is 11.5 Å². The van der Waals surface area contributed by atoms with Gasteiger partial charge in [-0.2, -0.15) is 13.2 Å². The van der Waals surface area contributed by atoms with Crippen LogP contribution >= 0.6 is 0 Å². The highest BCUT2D eigenvalue weighted by Gasteiger charge is 2.29. The number of benzene rings is 1. The van der Waals surface area contributed by atoms with Gasteiger partial charge < -0.3 is 9.94 Å². The van der Waals surface area contributed by atoms with Crippen molar-refractivity contribution in [1.82, 2.24) is 0 Å². The summed E-state index contributed by atoms with van der Waals surface area (Å²) in [5, 5.41) is 20.0. The normalized spacial score (nSPS) is 13.4. The number of nitrogens with one attached hydrogen (secondary N) is 1. The second-order valence-electron chi connectivity index (χ2n) is 5.06. The Morgan fingerprint density at radius 1 is 1.19 bits per heavy atom. The summed E-state index contributed by atoms with van der Waals surface area (Å²) >= 11 is 0. The summed E-state index contributed by atoms with van der Waals surface area (Å²) in [5.41, 5.74) is 0.121. The van der Waals surface area contributed by atoms with Crippen LogP contribution in [0.15, 0.2) is 57.8 Å². The first kappa shape index (κ1) is 20.8. The third kappa shape index (κ3) is 7.12. The van der Waals surface area contributed by atoms with Crippen LogP contribution < -0.4 is 0 Å². The van der Waals surface area contributed by atoms with Crippen LogP contribution in [0.4, 0.5) is 13.2 Å². The van der Waals surface area contributed by atoms with Crippen molar-refractivity contribution in [2.45, 2.75) is 20.0 Å². The molecule has 0 heterocycles. The molecule has 138 valence electrons. The summed E-state index contributed by atoms with van der Waals surface area (Å²) in [7, 11) is 0. The van der Waals surface area contributed by atoms with Gasteiger partial charge in [-0.15, -0.1) is 0 Å². The van der Waals surface area contributed by atoms with E-state index in [1.165, 1.54) is 36.7 Å². The van der Waals surface area contributed by atoms with E-state index >= 15 is 0 Å². The summed E-state index contributed by atoms with van der Waals surface area (Å²) in [5.74, 6) is -1.37. The van der Waals surface area contributed by atoms with Crippen molar-refractivity contribution in [3.8, 4) is 0 Å². The molecule has 26 heavy (non-hydrogen) atoms. The van der Waals surface area contributed by atoms with Crippen LogP contribution in [0.5, 0.6) is 0 Å². The molecule has 1 rings (SSSR count). The molecule has 0 atom stereocenters. The van der Waals surface area contributed by atoms with E-state index in [0.717, 1.165) is 19.2 Å². The lowest BCUT2D eigenvalue weighted by molar-refractivity contribution is -0.0911. The molecule has 0 aromatic heterocycles. The number of alkyl halides is 3. The number of carboxylic acid groups (broad SMARTS) is 1. The van der Waals surface area contributed by atoms with Gasteiger partial charge in [0.1, 0.15) is 0 Å². The first-order chi connectivity index (χ1) is 12.1. The SMILES string of the molecule is CC(/C=N/OC(=N)c1ccc(C(=O)O)cc1)=C\N=C/C=C(\C)C(F)(F)F. The summed E-state index contributed by atoms with van der Waals surface area (Å²) < 4.78 is 36.7. The van der Waals surface area contributed by atoms with Crippen LogP contribution in [-0.4, -0.2) is 35.6 Å². The van der Waals surface area contributed by atoms with Crippen LogP contribution in [0.1, 0.15) is 29.8 Å². The van der Waals surface area contributed by atoms with Gasteiger partial charge in [-0.25, -0.2) is 4.79 Å². The third-order valence-electron chi connectivity index (χ3n) is 2.93.